The minimum Gasteiger partial charge on any atom is -0.480 e. The van der Waals surface area contributed by atoms with E-state index >= 15 is 0 Å². The molecule has 0 amide bonds. The summed E-state index contributed by atoms with van der Waals surface area (Å²) in [6.07, 6.45) is 0.215. The molecule has 0 aliphatic heterocycles. The second-order valence-corrected chi connectivity index (χ2v) is 3.86. The van der Waals surface area contributed by atoms with Gasteiger partial charge in [0.2, 0.25) is 0 Å². The van der Waals surface area contributed by atoms with Gasteiger partial charge in [0.1, 0.15) is 5.54 Å². The molecular formula is C10H15N3O2. The van der Waals surface area contributed by atoms with E-state index in [-0.39, 0.29) is 6.42 Å². The topological polar surface area (TPSA) is 115 Å². The fraction of sp³-hybridized carbons (Fsp3) is 0.300. The second-order valence-electron chi connectivity index (χ2n) is 3.86. The molecule has 1 unspecified atom stereocenters. The fourth-order valence-electron chi connectivity index (χ4n) is 1.23. The summed E-state index contributed by atoms with van der Waals surface area (Å²) in [6, 6.07) is 5.01. The first-order chi connectivity index (χ1) is 6.83. The number of carboxylic acid groups (broad SMARTS) is 1. The molecule has 7 N–H and O–H groups in total. The van der Waals surface area contributed by atoms with E-state index in [0.717, 1.165) is 5.56 Å². The molecule has 0 aliphatic rings. The highest BCUT2D eigenvalue weighted by molar-refractivity contribution is 5.78. The van der Waals surface area contributed by atoms with Crippen LogP contribution < -0.4 is 17.2 Å². The van der Waals surface area contributed by atoms with E-state index in [1.54, 1.807) is 18.2 Å². The van der Waals surface area contributed by atoms with Gasteiger partial charge in [-0.25, -0.2) is 0 Å². The van der Waals surface area contributed by atoms with Crippen LogP contribution in [0.2, 0.25) is 0 Å². The van der Waals surface area contributed by atoms with Gasteiger partial charge in [-0.05, 0) is 24.6 Å². The monoisotopic (exact) mass is 209 g/mol. The largest absolute Gasteiger partial charge is 0.480 e. The first-order valence-electron chi connectivity index (χ1n) is 4.49. The third-order valence-electron chi connectivity index (χ3n) is 2.21. The number of nitrogen functional groups attached to an aromatic ring is 2. The molecule has 5 nitrogen and oxygen atoms in total. The molecule has 1 aromatic rings. The van der Waals surface area contributed by atoms with E-state index < -0.39 is 11.5 Å². The lowest BCUT2D eigenvalue weighted by molar-refractivity contribution is -0.142. The summed E-state index contributed by atoms with van der Waals surface area (Å²) >= 11 is 0. The molecule has 1 aromatic carbocycles. The number of carbonyl (C=O) groups is 1. The van der Waals surface area contributed by atoms with Gasteiger partial charge in [-0.15, -0.1) is 0 Å². The Morgan fingerprint density at radius 2 is 2.00 bits per heavy atom. The van der Waals surface area contributed by atoms with E-state index in [2.05, 4.69) is 0 Å². The molecule has 0 radical (unpaired) electrons. The molecule has 0 bridgehead atoms. The number of hydrogen-bond donors (Lipinski definition) is 4. The van der Waals surface area contributed by atoms with Crippen LogP contribution in [0.1, 0.15) is 12.5 Å². The molecule has 0 fully saturated rings. The van der Waals surface area contributed by atoms with Crippen LogP contribution >= 0.6 is 0 Å². The number of carboxylic acids is 1. The Hall–Kier alpha value is -1.75. The van der Waals surface area contributed by atoms with Crippen LogP contribution in [0.5, 0.6) is 0 Å². The van der Waals surface area contributed by atoms with Gasteiger partial charge in [0.25, 0.3) is 0 Å². The van der Waals surface area contributed by atoms with Crippen LogP contribution in [-0.2, 0) is 11.2 Å². The van der Waals surface area contributed by atoms with Crippen LogP contribution in [0.25, 0.3) is 0 Å². The second kappa shape index (κ2) is 3.78. The normalized spacial score (nSPS) is 14.5. The zero-order chi connectivity index (χ0) is 11.6. The fourth-order valence-corrected chi connectivity index (χ4v) is 1.23. The van der Waals surface area contributed by atoms with Crippen molar-refractivity contribution in [1.29, 1.82) is 0 Å². The van der Waals surface area contributed by atoms with E-state index in [9.17, 15) is 4.79 Å². The summed E-state index contributed by atoms with van der Waals surface area (Å²) in [5.74, 6) is -1.04. The molecule has 0 saturated carbocycles. The number of nitrogens with two attached hydrogens (primary N) is 3. The number of anilines is 2. The standard InChI is InChI=1S/C10H15N3O2/c1-10(13,9(14)15)5-6-2-3-7(11)8(12)4-6/h2-4H,5,11-13H2,1H3,(H,14,15). The van der Waals surface area contributed by atoms with Crippen molar-refractivity contribution >= 4 is 17.3 Å². The summed E-state index contributed by atoms with van der Waals surface area (Å²) in [4.78, 5) is 10.8. The van der Waals surface area contributed by atoms with E-state index in [4.69, 9.17) is 22.3 Å². The Morgan fingerprint density at radius 3 is 2.47 bits per heavy atom. The summed E-state index contributed by atoms with van der Waals surface area (Å²) < 4.78 is 0. The van der Waals surface area contributed by atoms with Crippen LogP contribution in [-0.4, -0.2) is 16.6 Å². The first-order valence-corrected chi connectivity index (χ1v) is 4.49. The minimum absolute atomic E-state index is 0.215. The summed E-state index contributed by atoms with van der Waals surface area (Å²) in [7, 11) is 0. The van der Waals surface area contributed by atoms with Gasteiger partial charge in [-0.3, -0.25) is 4.79 Å². The van der Waals surface area contributed by atoms with Crippen molar-refractivity contribution in [2.75, 3.05) is 11.5 Å². The highest BCUT2D eigenvalue weighted by Gasteiger charge is 2.28. The molecule has 0 aliphatic carbocycles. The maximum absolute atomic E-state index is 10.8. The number of aliphatic carboxylic acids is 1. The average Bonchev–Trinajstić information content (AvgIpc) is 2.10. The number of benzene rings is 1. The van der Waals surface area contributed by atoms with Crippen molar-refractivity contribution in [3.8, 4) is 0 Å². The predicted octanol–water partition coefficient (Wildman–Crippen LogP) is 0.196. The zero-order valence-corrected chi connectivity index (χ0v) is 8.53. The lowest BCUT2D eigenvalue weighted by Gasteiger charge is -2.19. The van der Waals surface area contributed by atoms with Gasteiger partial charge in [-0.2, -0.15) is 0 Å². The van der Waals surface area contributed by atoms with Crippen molar-refractivity contribution in [3.63, 3.8) is 0 Å². The van der Waals surface area contributed by atoms with Crippen molar-refractivity contribution in [2.45, 2.75) is 18.9 Å². The summed E-state index contributed by atoms with van der Waals surface area (Å²) in [5.41, 5.74) is 17.1. The molecule has 1 rings (SSSR count). The van der Waals surface area contributed by atoms with E-state index in [1.807, 2.05) is 0 Å². The molecule has 0 aromatic heterocycles. The van der Waals surface area contributed by atoms with Crippen LogP contribution in [0.4, 0.5) is 11.4 Å². The molecule has 0 spiro atoms. The first kappa shape index (κ1) is 11.3. The van der Waals surface area contributed by atoms with E-state index in [1.165, 1.54) is 6.92 Å². The quantitative estimate of drug-likeness (QED) is 0.530. The van der Waals surface area contributed by atoms with E-state index in [0.29, 0.717) is 11.4 Å². The molecule has 1 atom stereocenters. The van der Waals surface area contributed by atoms with Crippen molar-refractivity contribution in [1.82, 2.24) is 0 Å². The molecule has 5 heteroatoms. The Balaban J connectivity index is 2.91. The lowest BCUT2D eigenvalue weighted by atomic mass is 9.94. The van der Waals surface area contributed by atoms with Gasteiger partial charge < -0.3 is 22.3 Å². The maximum Gasteiger partial charge on any atom is 0.323 e. The van der Waals surface area contributed by atoms with Crippen LogP contribution in [0, 0.1) is 0 Å². The molecule has 0 heterocycles. The van der Waals surface area contributed by atoms with Gasteiger partial charge >= 0.3 is 5.97 Å². The third kappa shape index (κ3) is 2.60. The summed E-state index contributed by atoms with van der Waals surface area (Å²) in [5, 5.41) is 8.85. The maximum atomic E-state index is 10.8. The van der Waals surface area contributed by atoms with Gasteiger partial charge in [0, 0.05) is 6.42 Å². The average molecular weight is 209 g/mol. The predicted molar refractivity (Wildman–Crippen MR) is 59.2 cm³/mol. The summed E-state index contributed by atoms with van der Waals surface area (Å²) in [6.45, 7) is 1.46. The Kier molecular flexibility index (Phi) is 2.85. The van der Waals surface area contributed by atoms with Crippen LogP contribution in [0.15, 0.2) is 18.2 Å². The molecular weight excluding hydrogens is 194 g/mol. The number of hydrogen-bond acceptors (Lipinski definition) is 4. The van der Waals surface area contributed by atoms with Crippen molar-refractivity contribution < 1.29 is 9.90 Å². The molecule has 0 saturated heterocycles. The van der Waals surface area contributed by atoms with Crippen LogP contribution in [0.3, 0.4) is 0 Å². The third-order valence-corrected chi connectivity index (χ3v) is 2.21. The van der Waals surface area contributed by atoms with Gasteiger partial charge in [0.05, 0.1) is 11.4 Å². The smallest absolute Gasteiger partial charge is 0.323 e. The van der Waals surface area contributed by atoms with Crippen molar-refractivity contribution in [2.24, 2.45) is 5.73 Å². The SMILES string of the molecule is CC(N)(Cc1ccc(N)c(N)c1)C(=O)O. The number of rotatable bonds is 3. The molecule has 82 valence electrons. The van der Waals surface area contributed by atoms with Gasteiger partial charge in [-0.1, -0.05) is 6.07 Å². The Bertz CT molecular complexity index is 388. The van der Waals surface area contributed by atoms with Gasteiger partial charge in [0.15, 0.2) is 0 Å². The highest BCUT2D eigenvalue weighted by Crippen LogP contribution is 2.19. The molecule has 15 heavy (non-hydrogen) atoms. The zero-order valence-electron chi connectivity index (χ0n) is 8.53. The lowest BCUT2D eigenvalue weighted by Crippen LogP contribution is -2.46. The Morgan fingerprint density at radius 1 is 1.40 bits per heavy atom. The Labute approximate surface area is 87.9 Å². The van der Waals surface area contributed by atoms with Crippen molar-refractivity contribution in [3.05, 3.63) is 23.8 Å². The highest BCUT2D eigenvalue weighted by atomic mass is 16.4. The minimum atomic E-state index is -1.29.